The van der Waals surface area contributed by atoms with Crippen LogP contribution in [-0.2, 0) is 0 Å². The zero-order valence-electron chi connectivity index (χ0n) is 11.1. The van der Waals surface area contributed by atoms with Crippen molar-refractivity contribution in [1.29, 1.82) is 0 Å². The van der Waals surface area contributed by atoms with Gasteiger partial charge in [0.25, 0.3) is 0 Å². The van der Waals surface area contributed by atoms with Gasteiger partial charge in [-0.2, -0.15) is 0 Å². The molecular weight excluding hydrogens is 306 g/mol. The average Bonchev–Trinajstić information content (AvgIpc) is 2.95. The number of nitrogens with zero attached hydrogens (tertiary/aromatic N) is 4. The Morgan fingerprint density at radius 1 is 1.14 bits per heavy atom. The van der Waals surface area contributed by atoms with Crippen molar-refractivity contribution in [3.8, 4) is 5.75 Å². The zero-order valence-corrected chi connectivity index (χ0v) is 12.7. The molecule has 0 bridgehead atoms. The summed E-state index contributed by atoms with van der Waals surface area (Å²) in [6.07, 6.45) is 3.40. The van der Waals surface area contributed by atoms with Crippen LogP contribution in [0, 0.1) is 0 Å². The minimum Gasteiger partial charge on any atom is -0.497 e. The van der Waals surface area contributed by atoms with Gasteiger partial charge in [0.05, 0.1) is 7.11 Å². The van der Waals surface area contributed by atoms with Crippen molar-refractivity contribution in [2.24, 2.45) is 0 Å². The molecule has 0 saturated heterocycles. The molecule has 1 aromatic carbocycles. The van der Waals surface area contributed by atoms with E-state index in [1.165, 1.54) is 23.1 Å². The fraction of sp³-hybridized carbons (Fsp3) is 0.0769. The number of benzene rings is 1. The molecule has 21 heavy (non-hydrogen) atoms. The molecule has 3 rings (SSSR count). The van der Waals surface area contributed by atoms with Crippen LogP contribution in [-0.4, -0.2) is 27.3 Å². The highest BCUT2D eigenvalue weighted by Gasteiger charge is 2.08. The molecule has 0 aliphatic rings. The van der Waals surface area contributed by atoms with Gasteiger partial charge < -0.3 is 10.1 Å². The van der Waals surface area contributed by atoms with Crippen LogP contribution in [0.4, 0.5) is 10.8 Å². The van der Waals surface area contributed by atoms with Gasteiger partial charge in [-0.3, -0.25) is 0 Å². The lowest BCUT2D eigenvalue weighted by Crippen LogP contribution is -1.90. The molecule has 2 aromatic heterocycles. The summed E-state index contributed by atoms with van der Waals surface area (Å²) in [6.45, 7) is 0. The molecule has 0 amide bonds. The smallest absolute Gasteiger partial charge is 0.210 e. The second kappa shape index (κ2) is 6.51. The van der Waals surface area contributed by atoms with E-state index in [4.69, 9.17) is 4.74 Å². The van der Waals surface area contributed by atoms with E-state index in [1.54, 1.807) is 25.6 Å². The van der Waals surface area contributed by atoms with Gasteiger partial charge in [0.2, 0.25) is 5.13 Å². The van der Waals surface area contributed by atoms with E-state index < -0.39 is 0 Å². The van der Waals surface area contributed by atoms with Gasteiger partial charge in [-0.1, -0.05) is 17.4 Å². The van der Waals surface area contributed by atoms with Crippen molar-refractivity contribution >= 4 is 33.9 Å². The fourth-order valence-corrected chi connectivity index (χ4v) is 3.13. The van der Waals surface area contributed by atoms with E-state index in [0.29, 0.717) is 10.3 Å². The van der Waals surface area contributed by atoms with Crippen molar-refractivity contribution in [3.63, 3.8) is 0 Å². The highest BCUT2D eigenvalue weighted by Crippen LogP contribution is 2.31. The first-order chi connectivity index (χ1) is 10.3. The Labute approximate surface area is 129 Å². The first-order valence-electron chi connectivity index (χ1n) is 6.03. The topological polar surface area (TPSA) is 72.8 Å². The van der Waals surface area contributed by atoms with E-state index in [0.717, 1.165) is 15.8 Å². The van der Waals surface area contributed by atoms with Gasteiger partial charge in [0, 0.05) is 24.1 Å². The summed E-state index contributed by atoms with van der Waals surface area (Å²) < 4.78 is 5.97. The number of nitrogens with one attached hydrogen (secondary N) is 1. The van der Waals surface area contributed by atoms with Crippen molar-refractivity contribution < 1.29 is 4.74 Å². The predicted octanol–water partition coefficient (Wildman–Crippen LogP) is 3.23. The molecule has 1 N–H and O–H groups in total. The number of hydrogen-bond acceptors (Lipinski definition) is 8. The maximum Gasteiger partial charge on any atom is 0.210 e. The summed E-state index contributed by atoms with van der Waals surface area (Å²) >= 11 is 2.83. The first-order valence-corrected chi connectivity index (χ1v) is 7.66. The minimum absolute atomic E-state index is 0.654. The Bertz CT molecular complexity index is 719. The fourth-order valence-electron chi connectivity index (χ4n) is 1.54. The normalized spacial score (nSPS) is 10.3. The van der Waals surface area contributed by atoms with E-state index in [1.807, 2.05) is 24.3 Å². The van der Waals surface area contributed by atoms with E-state index in [2.05, 4.69) is 25.5 Å². The second-order valence-electron chi connectivity index (χ2n) is 3.86. The number of aromatic nitrogens is 4. The van der Waals surface area contributed by atoms with Gasteiger partial charge in [-0.15, -0.1) is 10.2 Å². The van der Waals surface area contributed by atoms with Crippen LogP contribution in [0.2, 0.25) is 0 Å². The zero-order chi connectivity index (χ0) is 14.5. The lowest BCUT2D eigenvalue weighted by atomic mass is 10.3. The Morgan fingerprint density at radius 3 is 2.81 bits per heavy atom. The Morgan fingerprint density at radius 2 is 2.00 bits per heavy atom. The molecule has 3 aromatic rings. The Balaban J connectivity index is 1.70. The molecule has 0 saturated carbocycles. The standard InChI is InChI=1S/C13H11N5OS2/c1-19-10-5-2-4-9(8-10)16-12-17-18-13(21-12)20-11-14-6-3-7-15-11/h2-8H,1H3,(H,16,17). The number of anilines is 2. The van der Waals surface area contributed by atoms with Gasteiger partial charge in [0.1, 0.15) is 5.75 Å². The van der Waals surface area contributed by atoms with Crippen LogP contribution in [0.5, 0.6) is 5.75 Å². The summed E-state index contributed by atoms with van der Waals surface area (Å²) in [5.74, 6) is 0.789. The largest absolute Gasteiger partial charge is 0.497 e. The number of rotatable bonds is 5. The molecule has 8 heteroatoms. The molecule has 106 valence electrons. The number of methoxy groups -OCH3 is 1. The summed E-state index contributed by atoms with van der Waals surface area (Å²) in [5, 5.41) is 12.8. The molecule has 6 nitrogen and oxygen atoms in total. The molecule has 0 unspecified atom stereocenters. The highest BCUT2D eigenvalue weighted by atomic mass is 32.2. The van der Waals surface area contributed by atoms with Crippen LogP contribution >= 0.6 is 23.1 Å². The lowest BCUT2D eigenvalue weighted by Gasteiger charge is -2.04. The van der Waals surface area contributed by atoms with Gasteiger partial charge in [-0.25, -0.2) is 9.97 Å². The minimum atomic E-state index is 0.654. The maximum atomic E-state index is 5.18. The summed E-state index contributed by atoms with van der Waals surface area (Å²) in [7, 11) is 1.64. The van der Waals surface area contributed by atoms with Gasteiger partial charge >= 0.3 is 0 Å². The van der Waals surface area contributed by atoms with Crippen LogP contribution in [0.3, 0.4) is 0 Å². The second-order valence-corrected chi connectivity index (χ2v) is 6.06. The molecule has 0 aliphatic carbocycles. The lowest BCUT2D eigenvalue weighted by molar-refractivity contribution is 0.415. The van der Waals surface area contributed by atoms with Crippen molar-refractivity contribution in [3.05, 3.63) is 42.7 Å². The van der Waals surface area contributed by atoms with Crippen LogP contribution < -0.4 is 10.1 Å². The van der Waals surface area contributed by atoms with Crippen LogP contribution in [0.25, 0.3) is 0 Å². The molecule has 0 spiro atoms. The monoisotopic (exact) mass is 317 g/mol. The molecular formula is C13H11N5OS2. The molecule has 2 heterocycles. The third-order valence-corrected chi connectivity index (χ3v) is 4.23. The summed E-state index contributed by atoms with van der Waals surface area (Å²) in [5.41, 5.74) is 0.901. The van der Waals surface area contributed by atoms with Crippen molar-refractivity contribution in [2.75, 3.05) is 12.4 Å². The maximum absolute atomic E-state index is 5.18. The van der Waals surface area contributed by atoms with Crippen molar-refractivity contribution in [1.82, 2.24) is 20.2 Å². The third kappa shape index (κ3) is 3.67. The summed E-state index contributed by atoms with van der Waals surface area (Å²) in [4.78, 5) is 8.29. The number of hydrogen-bond donors (Lipinski definition) is 1. The summed E-state index contributed by atoms with van der Waals surface area (Å²) in [6, 6.07) is 9.42. The third-order valence-electron chi connectivity index (χ3n) is 2.45. The number of ether oxygens (including phenoxy) is 1. The van der Waals surface area contributed by atoms with E-state index in [9.17, 15) is 0 Å². The predicted molar refractivity (Wildman–Crippen MR) is 82.3 cm³/mol. The molecule has 0 atom stereocenters. The van der Waals surface area contributed by atoms with Crippen LogP contribution in [0.15, 0.2) is 52.2 Å². The highest BCUT2D eigenvalue weighted by molar-refractivity contribution is 8.00. The van der Waals surface area contributed by atoms with Crippen LogP contribution in [0.1, 0.15) is 0 Å². The van der Waals surface area contributed by atoms with E-state index in [-0.39, 0.29) is 0 Å². The average molecular weight is 317 g/mol. The quantitative estimate of drug-likeness (QED) is 0.724. The van der Waals surface area contributed by atoms with Gasteiger partial charge in [-0.05, 0) is 30.0 Å². The molecule has 0 aliphatic heterocycles. The molecule has 0 fully saturated rings. The Hall–Kier alpha value is -2.19. The van der Waals surface area contributed by atoms with Crippen molar-refractivity contribution in [2.45, 2.75) is 9.50 Å². The first kappa shape index (κ1) is 13.8. The molecule has 0 radical (unpaired) electrons. The SMILES string of the molecule is COc1cccc(Nc2nnc(Sc3ncccn3)s2)c1. The van der Waals surface area contributed by atoms with Gasteiger partial charge in [0.15, 0.2) is 9.50 Å². The Kier molecular flexibility index (Phi) is 4.27. The van der Waals surface area contributed by atoms with E-state index >= 15 is 0 Å².